The van der Waals surface area contributed by atoms with Crippen LogP contribution in [0.15, 0.2) is 48.2 Å². The number of benzene rings is 1. The largest absolute Gasteiger partial charge is 0.416 e. The van der Waals surface area contributed by atoms with Crippen molar-refractivity contribution in [3.8, 4) is 0 Å². The van der Waals surface area contributed by atoms with Gasteiger partial charge in [0.25, 0.3) is 11.8 Å². The number of carbonyl (C=O) groups excluding carboxylic acids is 3. The van der Waals surface area contributed by atoms with Crippen molar-refractivity contribution in [2.45, 2.75) is 25.2 Å². The normalized spacial score (nSPS) is 22.1. The Bertz CT molecular complexity index is 1070. The van der Waals surface area contributed by atoms with E-state index in [1.165, 1.54) is 41.0 Å². The number of nitrogens with zero attached hydrogens (tertiary/aromatic N) is 3. The van der Waals surface area contributed by atoms with Crippen LogP contribution in [0.25, 0.3) is 0 Å². The Balaban J connectivity index is 1.67. The highest BCUT2D eigenvalue weighted by atomic mass is 19.4. The van der Waals surface area contributed by atoms with Gasteiger partial charge in [-0.3, -0.25) is 19.9 Å². The molecule has 1 aromatic carbocycles. The van der Waals surface area contributed by atoms with E-state index in [1.807, 2.05) is 0 Å². The summed E-state index contributed by atoms with van der Waals surface area (Å²) in [5.41, 5.74) is 1.84. The van der Waals surface area contributed by atoms with Gasteiger partial charge in [-0.05, 0) is 18.6 Å². The molecule has 9 nitrogen and oxygen atoms in total. The molecule has 0 spiro atoms. The second-order valence-corrected chi connectivity index (χ2v) is 8.41. The highest BCUT2D eigenvalue weighted by Crippen LogP contribution is 2.41. The molecule has 3 heterocycles. The third kappa shape index (κ3) is 4.76. The number of hydrogen-bond acceptors (Lipinski definition) is 5. The number of ether oxygens (including phenoxy) is 1. The van der Waals surface area contributed by atoms with Crippen LogP contribution in [-0.4, -0.2) is 78.1 Å². The molecule has 2 atom stereocenters. The minimum absolute atomic E-state index is 0.00849. The molecule has 4 amide bonds. The first kappa shape index (κ1) is 24.7. The first-order valence-electron chi connectivity index (χ1n) is 11.2. The molecule has 0 aliphatic carbocycles. The van der Waals surface area contributed by atoms with Crippen LogP contribution >= 0.6 is 0 Å². The Morgan fingerprint density at radius 3 is 2.63 bits per heavy atom. The zero-order valence-electron chi connectivity index (χ0n) is 19.1. The summed E-state index contributed by atoms with van der Waals surface area (Å²) < 4.78 is 46.5. The van der Waals surface area contributed by atoms with Gasteiger partial charge in [-0.25, -0.2) is 9.80 Å². The predicted octanol–water partition coefficient (Wildman–Crippen LogP) is 1.81. The number of hydrazine groups is 1. The van der Waals surface area contributed by atoms with Crippen molar-refractivity contribution in [3.63, 3.8) is 0 Å². The summed E-state index contributed by atoms with van der Waals surface area (Å²) in [7, 11) is 0. The van der Waals surface area contributed by atoms with E-state index in [9.17, 15) is 27.6 Å². The first-order valence-corrected chi connectivity index (χ1v) is 11.2. The van der Waals surface area contributed by atoms with Gasteiger partial charge in [-0.15, -0.1) is 6.58 Å². The van der Waals surface area contributed by atoms with Crippen molar-refractivity contribution >= 4 is 17.8 Å². The molecule has 2 N–H and O–H groups in total. The van der Waals surface area contributed by atoms with Crippen LogP contribution in [0.3, 0.4) is 0 Å². The van der Waals surface area contributed by atoms with Crippen LogP contribution in [-0.2, 0) is 20.5 Å². The van der Waals surface area contributed by atoms with Crippen molar-refractivity contribution in [1.29, 1.82) is 0 Å². The van der Waals surface area contributed by atoms with Gasteiger partial charge in [0, 0.05) is 19.6 Å². The molecular weight excluding hydrogens is 467 g/mol. The summed E-state index contributed by atoms with van der Waals surface area (Å²) in [6, 6.07) is 1.92. The quantitative estimate of drug-likeness (QED) is 0.590. The predicted molar refractivity (Wildman–Crippen MR) is 118 cm³/mol. The SMILES string of the molecule is C=CCN1C(=O)N[C@H](c2ccccc2C(F)(F)F)C2=C1CN([C@H](C)C(=O)NN1CCOCC1)C2=O. The van der Waals surface area contributed by atoms with Gasteiger partial charge in [0.2, 0.25) is 0 Å². The van der Waals surface area contributed by atoms with Crippen molar-refractivity contribution in [2.24, 2.45) is 0 Å². The van der Waals surface area contributed by atoms with Crippen molar-refractivity contribution in [2.75, 3.05) is 39.4 Å². The van der Waals surface area contributed by atoms with Crippen molar-refractivity contribution in [1.82, 2.24) is 25.6 Å². The van der Waals surface area contributed by atoms with E-state index in [0.29, 0.717) is 26.3 Å². The second kappa shape index (κ2) is 9.70. The van der Waals surface area contributed by atoms with Crippen LogP contribution < -0.4 is 10.7 Å². The Kier molecular flexibility index (Phi) is 6.86. The van der Waals surface area contributed by atoms with Crippen LogP contribution in [0.4, 0.5) is 18.0 Å². The third-order valence-corrected chi connectivity index (χ3v) is 6.26. The van der Waals surface area contributed by atoms with Gasteiger partial charge >= 0.3 is 12.2 Å². The third-order valence-electron chi connectivity index (χ3n) is 6.26. The van der Waals surface area contributed by atoms with Crippen LogP contribution in [0, 0.1) is 0 Å². The lowest BCUT2D eigenvalue weighted by molar-refractivity contribution is -0.140. The fraction of sp³-hybridized carbons (Fsp3) is 0.435. The van der Waals surface area contributed by atoms with E-state index in [1.54, 1.807) is 5.01 Å². The molecule has 3 aliphatic heterocycles. The zero-order valence-corrected chi connectivity index (χ0v) is 19.1. The number of rotatable bonds is 6. The average Bonchev–Trinajstić information content (AvgIpc) is 3.17. The number of amides is 4. The first-order chi connectivity index (χ1) is 16.6. The van der Waals surface area contributed by atoms with E-state index >= 15 is 0 Å². The zero-order chi connectivity index (χ0) is 25.3. The lowest BCUT2D eigenvalue weighted by Crippen LogP contribution is -2.54. The molecule has 0 bridgehead atoms. The topological polar surface area (TPSA) is 94.2 Å². The highest BCUT2D eigenvalue weighted by molar-refractivity contribution is 6.03. The fourth-order valence-electron chi connectivity index (χ4n) is 4.45. The van der Waals surface area contributed by atoms with E-state index in [2.05, 4.69) is 17.3 Å². The molecule has 35 heavy (non-hydrogen) atoms. The summed E-state index contributed by atoms with van der Waals surface area (Å²) in [4.78, 5) is 41.8. The van der Waals surface area contributed by atoms with E-state index < -0.39 is 41.7 Å². The van der Waals surface area contributed by atoms with Crippen molar-refractivity contribution < 1.29 is 32.3 Å². The van der Waals surface area contributed by atoms with Gasteiger partial charge in [0.05, 0.1) is 42.6 Å². The molecule has 3 aliphatic rings. The van der Waals surface area contributed by atoms with Crippen LogP contribution in [0.5, 0.6) is 0 Å². The molecule has 0 aromatic heterocycles. The maximum absolute atomic E-state index is 13.8. The maximum atomic E-state index is 13.8. The number of nitrogens with one attached hydrogen (secondary N) is 2. The summed E-state index contributed by atoms with van der Waals surface area (Å²) in [6.45, 7) is 7.00. The lowest BCUT2D eigenvalue weighted by atomic mass is 9.91. The molecule has 0 radical (unpaired) electrons. The monoisotopic (exact) mass is 493 g/mol. The number of urea groups is 1. The molecule has 12 heteroatoms. The van der Waals surface area contributed by atoms with Crippen LogP contribution in [0.2, 0.25) is 0 Å². The summed E-state index contributed by atoms with van der Waals surface area (Å²) >= 11 is 0. The summed E-state index contributed by atoms with van der Waals surface area (Å²) in [6.07, 6.45) is -3.23. The van der Waals surface area contributed by atoms with Crippen LogP contribution in [0.1, 0.15) is 24.1 Å². The maximum Gasteiger partial charge on any atom is 0.416 e. The number of hydrogen-bond donors (Lipinski definition) is 2. The Labute approximate surface area is 200 Å². The Morgan fingerprint density at radius 2 is 1.97 bits per heavy atom. The number of morpholine rings is 1. The Hall–Kier alpha value is -3.38. The Morgan fingerprint density at radius 1 is 1.29 bits per heavy atom. The minimum Gasteiger partial charge on any atom is -0.379 e. The molecule has 4 rings (SSSR count). The van der Waals surface area contributed by atoms with E-state index in [4.69, 9.17) is 4.74 Å². The molecule has 1 aromatic rings. The van der Waals surface area contributed by atoms with Gasteiger partial charge in [-0.1, -0.05) is 24.3 Å². The van der Waals surface area contributed by atoms with Gasteiger partial charge in [0.15, 0.2) is 0 Å². The standard InChI is InChI=1S/C23H26F3N5O4/c1-3-8-30-17-13-31(14(2)20(32)28-29-9-11-35-12-10-29)21(33)18(17)19(27-22(30)34)15-6-4-5-7-16(15)23(24,25)26/h3-7,14,19H,1,8-13H2,2H3,(H,27,34)(H,28,32)/t14-,19-/m1/s1. The molecule has 188 valence electrons. The number of halogens is 3. The molecule has 1 fully saturated rings. The second-order valence-electron chi connectivity index (χ2n) is 8.41. The molecular formula is C23H26F3N5O4. The van der Waals surface area contributed by atoms with E-state index in [0.717, 1.165) is 6.07 Å². The average molecular weight is 493 g/mol. The molecule has 0 saturated carbocycles. The summed E-state index contributed by atoms with van der Waals surface area (Å²) in [5, 5.41) is 4.24. The number of carbonyl (C=O) groups is 3. The lowest BCUT2D eigenvalue weighted by Gasteiger charge is -2.33. The van der Waals surface area contributed by atoms with Gasteiger partial charge in [-0.2, -0.15) is 13.2 Å². The van der Waals surface area contributed by atoms with Crippen molar-refractivity contribution in [3.05, 3.63) is 59.3 Å². The summed E-state index contributed by atoms with van der Waals surface area (Å²) in [5.74, 6) is -1.05. The molecule has 0 unspecified atom stereocenters. The van der Waals surface area contributed by atoms with E-state index in [-0.39, 0.29) is 29.9 Å². The minimum atomic E-state index is -4.69. The molecule has 1 saturated heterocycles. The van der Waals surface area contributed by atoms with Gasteiger partial charge < -0.3 is 15.0 Å². The van der Waals surface area contributed by atoms with Gasteiger partial charge in [0.1, 0.15) is 6.04 Å². The smallest absolute Gasteiger partial charge is 0.379 e. The fourth-order valence-corrected chi connectivity index (χ4v) is 4.45. The highest BCUT2D eigenvalue weighted by Gasteiger charge is 2.48. The number of alkyl halides is 3.